The van der Waals surface area contributed by atoms with Crippen molar-refractivity contribution in [2.45, 2.75) is 12.6 Å². The molecule has 32 heavy (non-hydrogen) atoms. The first-order valence-corrected chi connectivity index (χ1v) is 9.99. The summed E-state index contributed by atoms with van der Waals surface area (Å²) >= 11 is 0. The van der Waals surface area contributed by atoms with Crippen molar-refractivity contribution in [3.05, 3.63) is 95.3 Å². The van der Waals surface area contributed by atoms with E-state index >= 15 is 0 Å². The van der Waals surface area contributed by atoms with Crippen molar-refractivity contribution in [2.24, 2.45) is 0 Å². The molecule has 2 heterocycles. The summed E-state index contributed by atoms with van der Waals surface area (Å²) in [6.45, 7) is 0.193. The molecule has 0 aliphatic carbocycles. The van der Waals surface area contributed by atoms with Crippen LogP contribution in [0.4, 0.5) is 0 Å². The minimum absolute atomic E-state index is 0.0301. The lowest BCUT2D eigenvalue weighted by Gasteiger charge is -2.25. The number of aliphatic hydroxyl groups excluding tert-OH is 1. The largest absolute Gasteiger partial charge is 0.507 e. The second kappa shape index (κ2) is 8.93. The molecule has 1 fully saturated rings. The van der Waals surface area contributed by atoms with Crippen molar-refractivity contribution >= 4 is 17.4 Å². The highest BCUT2D eigenvalue weighted by molar-refractivity contribution is 6.46. The Balaban J connectivity index is 1.85. The number of Topliss-reactive ketones (excluding diaryl/α,β-unsaturated/α-hetero) is 1. The van der Waals surface area contributed by atoms with E-state index in [1.54, 1.807) is 80.2 Å². The topological polar surface area (TPSA) is 89.0 Å². The van der Waals surface area contributed by atoms with E-state index in [1.165, 1.54) is 12.0 Å². The Morgan fingerprint density at radius 2 is 1.66 bits per heavy atom. The van der Waals surface area contributed by atoms with Crippen LogP contribution in [-0.4, -0.2) is 40.9 Å². The normalized spacial score (nSPS) is 17.4. The van der Waals surface area contributed by atoms with E-state index in [4.69, 9.17) is 9.47 Å². The van der Waals surface area contributed by atoms with Crippen molar-refractivity contribution in [3.63, 3.8) is 0 Å². The summed E-state index contributed by atoms with van der Waals surface area (Å²) in [7, 11) is 3.08. The van der Waals surface area contributed by atoms with E-state index in [0.717, 1.165) is 5.56 Å². The number of likely N-dealkylation sites (tertiary alicyclic amines) is 1. The van der Waals surface area contributed by atoms with E-state index in [2.05, 4.69) is 4.98 Å². The van der Waals surface area contributed by atoms with E-state index in [-0.39, 0.29) is 17.9 Å². The summed E-state index contributed by atoms with van der Waals surface area (Å²) in [4.78, 5) is 31.6. The number of carbonyl (C=O) groups excluding carboxylic acids is 2. The van der Waals surface area contributed by atoms with Gasteiger partial charge in [0.2, 0.25) is 0 Å². The molecule has 0 saturated carbocycles. The average molecular weight is 430 g/mol. The summed E-state index contributed by atoms with van der Waals surface area (Å²) in [5.41, 5.74) is 1.93. The predicted molar refractivity (Wildman–Crippen MR) is 118 cm³/mol. The number of ketones is 1. The van der Waals surface area contributed by atoms with Crippen LogP contribution in [0.1, 0.15) is 22.7 Å². The van der Waals surface area contributed by atoms with Gasteiger partial charge in [0.05, 0.1) is 25.8 Å². The molecule has 7 heteroatoms. The van der Waals surface area contributed by atoms with Gasteiger partial charge in [-0.2, -0.15) is 0 Å². The number of aliphatic hydroxyl groups is 1. The van der Waals surface area contributed by atoms with Crippen LogP contribution in [0.25, 0.3) is 5.76 Å². The Hall–Kier alpha value is -4.13. The number of rotatable bonds is 6. The summed E-state index contributed by atoms with van der Waals surface area (Å²) in [5, 5.41) is 11.1. The van der Waals surface area contributed by atoms with Crippen LogP contribution in [0.15, 0.2) is 78.6 Å². The van der Waals surface area contributed by atoms with Crippen molar-refractivity contribution in [2.75, 3.05) is 14.2 Å². The molecule has 1 N–H and O–H groups in total. The fourth-order valence-electron chi connectivity index (χ4n) is 3.79. The molecule has 0 spiro atoms. The number of benzene rings is 2. The Bertz CT molecular complexity index is 1170. The molecule has 0 bridgehead atoms. The summed E-state index contributed by atoms with van der Waals surface area (Å²) < 4.78 is 10.5. The molecule has 0 radical (unpaired) electrons. The third-order valence-electron chi connectivity index (χ3n) is 5.42. The molecule has 162 valence electrons. The lowest BCUT2D eigenvalue weighted by atomic mass is 9.95. The second-order valence-electron chi connectivity index (χ2n) is 7.29. The van der Waals surface area contributed by atoms with Crippen molar-refractivity contribution in [3.8, 4) is 11.5 Å². The minimum Gasteiger partial charge on any atom is -0.507 e. The van der Waals surface area contributed by atoms with E-state index < -0.39 is 17.7 Å². The quantitative estimate of drug-likeness (QED) is 0.364. The molecule has 7 nitrogen and oxygen atoms in total. The zero-order valence-corrected chi connectivity index (χ0v) is 17.7. The average Bonchev–Trinajstić information content (AvgIpc) is 3.09. The fraction of sp³-hybridized carbons (Fsp3) is 0.160. The van der Waals surface area contributed by atoms with Gasteiger partial charge in [-0.05, 0) is 47.5 Å². The van der Waals surface area contributed by atoms with Gasteiger partial charge in [0, 0.05) is 24.5 Å². The van der Waals surface area contributed by atoms with Crippen LogP contribution >= 0.6 is 0 Å². The van der Waals surface area contributed by atoms with E-state index in [0.29, 0.717) is 22.6 Å². The van der Waals surface area contributed by atoms with Gasteiger partial charge in [-0.3, -0.25) is 14.6 Å². The first-order chi connectivity index (χ1) is 15.5. The van der Waals surface area contributed by atoms with Crippen LogP contribution in [0.3, 0.4) is 0 Å². The summed E-state index contributed by atoms with van der Waals surface area (Å²) in [6.07, 6.45) is 3.26. The predicted octanol–water partition coefficient (Wildman–Crippen LogP) is 3.72. The highest BCUT2D eigenvalue weighted by atomic mass is 16.5. The van der Waals surface area contributed by atoms with Crippen molar-refractivity contribution in [1.29, 1.82) is 0 Å². The van der Waals surface area contributed by atoms with Crippen LogP contribution in [0.5, 0.6) is 11.5 Å². The minimum atomic E-state index is -0.764. The number of nitrogens with zero attached hydrogens (tertiary/aromatic N) is 2. The molecular weight excluding hydrogens is 408 g/mol. The number of aromatic nitrogens is 1. The molecule has 1 aliphatic rings. The number of carbonyl (C=O) groups is 2. The standard InChI is InChI=1S/C25H22N2O5/c1-31-19-8-6-17(7-9-19)22-21(23(28)18-4-3-5-20(14-18)32-2)24(29)25(30)27(22)15-16-10-12-26-13-11-16/h3-14,22,28H,15H2,1-2H3/b23-21+. The van der Waals surface area contributed by atoms with Crippen LogP contribution in [0.2, 0.25) is 0 Å². The van der Waals surface area contributed by atoms with Crippen LogP contribution in [-0.2, 0) is 16.1 Å². The maximum atomic E-state index is 13.1. The first kappa shape index (κ1) is 21.1. The number of hydrogen-bond donors (Lipinski definition) is 1. The molecular formula is C25H22N2O5. The Morgan fingerprint density at radius 3 is 2.31 bits per heavy atom. The van der Waals surface area contributed by atoms with Crippen LogP contribution in [0, 0.1) is 0 Å². The number of pyridine rings is 1. The molecule has 2 aromatic carbocycles. The summed E-state index contributed by atoms with van der Waals surface area (Å²) in [6, 6.07) is 16.6. The lowest BCUT2D eigenvalue weighted by Crippen LogP contribution is -2.29. The second-order valence-corrected chi connectivity index (χ2v) is 7.29. The van der Waals surface area contributed by atoms with E-state index in [1.807, 2.05) is 0 Å². The van der Waals surface area contributed by atoms with E-state index in [9.17, 15) is 14.7 Å². The molecule has 1 atom stereocenters. The molecule has 4 rings (SSSR count). The molecule has 1 amide bonds. The zero-order valence-electron chi connectivity index (χ0n) is 17.7. The molecule has 1 unspecified atom stereocenters. The molecule has 1 aromatic heterocycles. The SMILES string of the molecule is COc1ccc(C2/C(=C(\O)c3cccc(OC)c3)C(=O)C(=O)N2Cc2ccncc2)cc1. The Labute approximate surface area is 185 Å². The highest BCUT2D eigenvalue weighted by Gasteiger charge is 2.46. The monoisotopic (exact) mass is 430 g/mol. The maximum Gasteiger partial charge on any atom is 0.295 e. The number of ether oxygens (including phenoxy) is 2. The molecule has 1 aliphatic heterocycles. The van der Waals surface area contributed by atoms with Gasteiger partial charge >= 0.3 is 0 Å². The van der Waals surface area contributed by atoms with Crippen molar-refractivity contribution < 1.29 is 24.2 Å². The van der Waals surface area contributed by atoms with Gasteiger partial charge in [-0.1, -0.05) is 24.3 Å². The van der Waals surface area contributed by atoms with Gasteiger partial charge in [0.1, 0.15) is 17.3 Å². The van der Waals surface area contributed by atoms with Crippen molar-refractivity contribution in [1.82, 2.24) is 9.88 Å². The van der Waals surface area contributed by atoms with Gasteiger partial charge in [-0.25, -0.2) is 0 Å². The highest BCUT2D eigenvalue weighted by Crippen LogP contribution is 2.40. The van der Waals surface area contributed by atoms with Gasteiger partial charge in [-0.15, -0.1) is 0 Å². The first-order valence-electron chi connectivity index (χ1n) is 9.99. The number of methoxy groups -OCH3 is 2. The Kier molecular flexibility index (Phi) is 5.89. The summed E-state index contributed by atoms with van der Waals surface area (Å²) in [5.74, 6) is -0.485. The maximum absolute atomic E-state index is 13.1. The smallest absolute Gasteiger partial charge is 0.295 e. The number of amides is 1. The third-order valence-corrected chi connectivity index (χ3v) is 5.42. The number of hydrogen-bond acceptors (Lipinski definition) is 6. The van der Waals surface area contributed by atoms with Gasteiger partial charge < -0.3 is 19.5 Å². The lowest BCUT2D eigenvalue weighted by molar-refractivity contribution is -0.140. The van der Waals surface area contributed by atoms with Gasteiger partial charge in [0.15, 0.2) is 0 Å². The zero-order chi connectivity index (χ0) is 22.7. The van der Waals surface area contributed by atoms with Crippen LogP contribution < -0.4 is 9.47 Å². The molecule has 3 aromatic rings. The fourth-order valence-corrected chi connectivity index (χ4v) is 3.79. The van der Waals surface area contributed by atoms with Gasteiger partial charge in [0.25, 0.3) is 11.7 Å². The molecule has 1 saturated heterocycles. The third kappa shape index (κ3) is 3.92. The Morgan fingerprint density at radius 1 is 0.969 bits per heavy atom.